The zero-order valence-electron chi connectivity index (χ0n) is 43.6. The lowest BCUT2D eigenvalue weighted by Gasteiger charge is -2.67. The van der Waals surface area contributed by atoms with E-state index in [-0.39, 0.29) is 67.6 Å². The largest absolute Gasteiger partial charge is 0.509 e. The number of hydrogen-bond acceptors (Lipinski definition) is 19. The van der Waals surface area contributed by atoms with Gasteiger partial charge in [-0.25, -0.2) is 19.2 Å². The van der Waals surface area contributed by atoms with Gasteiger partial charge in [0.1, 0.15) is 47.9 Å². The second-order valence-electron chi connectivity index (χ2n) is 20.9. The van der Waals surface area contributed by atoms with E-state index in [0.717, 1.165) is 19.9 Å². The molecular formula is C58H56BrNO19. The number of amides is 1. The van der Waals surface area contributed by atoms with Crippen LogP contribution in [-0.4, -0.2) is 111 Å². The van der Waals surface area contributed by atoms with Crippen molar-refractivity contribution in [3.63, 3.8) is 0 Å². The lowest BCUT2D eigenvalue weighted by atomic mass is 9.44. The molecule has 4 aliphatic rings. The van der Waals surface area contributed by atoms with Crippen LogP contribution in [0, 0.1) is 16.7 Å². The van der Waals surface area contributed by atoms with Crippen LogP contribution in [0.25, 0.3) is 11.0 Å². The third-order valence-corrected chi connectivity index (χ3v) is 16.6. The van der Waals surface area contributed by atoms with Crippen LogP contribution in [0.4, 0.5) is 4.79 Å². The number of rotatable bonds is 13. The van der Waals surface area contributed by atoms with Crippen LogP contribution in [0.2, 0.25) is 0 Å². The van der Waals surface area contributed by atoms with Crippen molar-refractivity contribution in [2.75, 3.05) is 6.61 Å². The minimum atomic E-state index is -2.54. The van der Waals surface area contributed by atoms with Crippen molar-refractivity contribution in [2.24, 2.45) is 16.7 Å². The van der Waals surface area contributed by atoms with Crippen molar-refractivity contribution in [2.45, 2.75) is 115 Å². The number of carbonyl (C=O) groups is 7. The highest BCUT2D eigenvalue weighted by molar-refractivity contribution is 9.10. The second kappa shape index (κ2) is 21.5. The maximum atomic E-state index is 15.8. The number of hydrogen-bond donors (Lipinski definition) is 4. The first kappa shape index (κ1) is 56.0. The van der Waals surface area contributed by atoms with Gasteiger partial charge in [-0.3, -0.25) is 19.2 Å². The highest BCUT2D eigenvalue weighted by atomic mass is 79.9. The minimum absolute atomic E-state index is 0.00860. The van der Waals surface area contributed by atoms with E-state index in [1.807, 2.05) is 0 Å². The molecule has 2 saturated carbocycles. The molecule has 414 valence electrons. The first-order valence-corrected chi connectivity index (χ1v) is 26.0. The first-order chi connectivity index (χ1) is 37.4. The van der Waals surface area contributed by atoms with Gasteiger partial charge >= 0.3 is 35.7 Å². The van der Waals surface area contributed by atoms with Gasteiger partial charge in [-0.2, -0.15) is 0 Å². The molecule has 1 aliphatic heterocycles. The number of esters is 4. The van der Waals surface area contributed by atoms with Crippen molar-refractivity contribution in [1.82, 2.24) is 5.32 Å². The number of Topliss-reactive ketones (excluding diaryl/α,β-unsaturated/α-hetero) is 1. The Labute approximate surface area is 460 Å². The Kier molecular flexibility index (Phi) is 15.2. The fourth-order valence-corrected chi connectivity index (χ4v) is 12.3. The Bertz CT molecular complexity index is 3350. The molecular weight excluding hydrogens is 1090 g/mol. The van der Waals surface area contributed by atoms with Gasteiger partial charge < -0.3 is 58.2 Å². The number of phenols is 1. The molecule has 0 radical (unpaired) electrons. The summed E-state index contributed by atoms with van der Waals surface area (Å²) in [7, 11) is 0. The average Bonchev–Trinajstić information content (AvgIpc) is 3.56. The van der Waals surface area contributed by atoms with E-state index in [9.17, 15) is 44.1 Å². The topological polar surface area (TPSA) is 287 Å². The summed E-state index contributed by atoms with van der Waals surface area (Å²) in [4.78, 5) is 113. The van der Waals surface area contributed by atoms with Gasteiger partial charge in [0.25, 0.3) is 5.91 Å². The third-order valence-electron chi connectivity index (χ3n) is 15.9. The Morgan fingerprint density at radius 3 is 2.08 bits per heavy atom. The maximum absolute atomic E-state index is 15.8. The molecule has 2 bridgehead atoms. The SMILES string of the molecule is CC(=O)O[C@H]1C(=O)[C@@]2(C)[C@H]([C@H](OC(=O)c3ccccc3)[C@]3(O)C[C@H](OC(=O)[C@H](OC(=O)OCc4cc(=O)oc5cc(O)c(Br)cc45)[C@@H](NC(=O)c4ccccc4)c4ccccc4)C(C)=C1C3(C)C)[C@]1(OC(C)=O)CO[C@@H]1C[C@@H]2O. The molecule has 4 N–H and O–H groups in total. The number of carbonyl (C=O) groups excluding carboxylic acids is 7. The maximum Gasteiger partial charge on any atom is 0.509 e. The molecule has 5 aromatic rings. The smallest absolute Gasteiger partial charge is 0.507 e. The summed E-state index contributed by atoms with van der Waals surface area (Å²) >= 11 is 3.23. The fraction of sp³-hybridized carbons (Fsp3) is 0.379. The molecule has 9 rings (SSSR count). The number of benzene rings is 4. The van der Waals surface area contributed by atoms with Gasteiger partial charge in [0.05, 0.1) is 34.1 Å². The van der Waals surface area contributed by atoms with Crippen LogP contribution >= 0.6 is 15.9 Å². The van der Waals surface area contributed by atoms with E-state index in [4.69, 9.17) is 37.6 Å². The van der Waals surface area contributed by atoms with Crippen LogP contribution in [0.3, 0.4) is 0 Å². The Morgan fingerprint density at radius 2 is 1.47 bits per heavy atom. The number of halogens is 1. The summed E-state index contributed by atoms with van der Waals surface area (Å²) in [6.45, 7) is 7.00. The van der Waals surface area contributed by atoms with Crippen LogP contribution in [0.15, 0.2) is 134 Å². The van der Waals surface area contributed by atoms with E-state index in [0.29, 0.717) is 0 Å². The summed E-state index contributed by atoms with van der Waals surface area (Å²) < 4.78 is 47.8. The molecule has 4 aromatic carbocycles. The predicted molar refractivity (Wildman–Crippen MR) is 279 cm³/mol. The van der Waals surface area contributed by atoms with E-state index < -0.39 is 131 Å². The summed E-state index contributed by atoms with van der Waals surface area (Å²) in [5, 5.41) is 39.6. The average molecular weight is 1150 g/mol. The Morgan fingerprint density at radius 1 is 0.835 bits per heavy atom. The highest BCUT2D eigenvalue weighted by Gasteiger charge is 2.78. The molecule has 0 spiro atoms. The van der Waals surface area contributed by atoms with Crippen LogP contribution < -0.4 is 10.9 Å². The highest BCUT2D eigenvalue weighted by Crippen LogP contribution is 2.64. The molecule has 1 aromatic heterocycles. The number of aromatic hydroxyl groups is 1. The molecule has 3 fully saturated rings. The first-order valence-electron chi connectivity index (χ1n) is 25.2. The predicted octanol–water partition coefficient (Wildman–Crippen LogP) is 6.67. The number of phenolic OH excluding ortho intramolecular Hbond substituents is 1. The van der Waals surface area contributed by atoms with Crippen LogP contribution in [0.1, 0.15) is 92.3 Å². The summed E-state index contributed by atoms with van der Waals surface area (Å²) in [6.07, 6.45) is -12.9. The van der Waals surface area contributed by atoms with E-state index in [1.165, 1.54) is 76.2 Å². The zero-order chi connectivity index (χ0) is 56.9. The van der Waals surface area contributed by atoms with Gasteiger partial charge in [0.2, 0.25) is 6.10 Å². The van der Waals surface area contributed by atoms with Gasteiger partial charge in [0.15, 0.2) is 17.5 Å². The number of ether oxygens (including phenoxy) is 7. The standard InChI is InChI=1S/C58H56BrNO19/c1-29-40(76-53(69)47(45(32-16-10-7-11-17-32)60-51(67)33-18-12-8-13-19-33)77-54(70)72-27-35-22-43(65)75-39-24-38(63)37(59)23-36(35)39)26-58(71)50(78-52(68)34-20-14-9-15-21-34)48-56(6,41(64)25-42-57(48,28-73-42)79-31(3)62)49(66)46(74-30(2)61)44(29)55(58,4)5/h7-24,40-42,45-48,50,63-64,71H,25-28H2,1-6H3,(H,60,67)/t40-,41-,42+,45-,46+,47+,48-,50-,56+,57-,58+/m0/s1. The molecule has 1 saturated heterocycles. The monoisotopic (exact) mass is 1150 g/mol. The summed E-state index contributed by atoms with van der Waals surface area (Å²) in [5.41, 5.74) is -8.83. The number of nitrogens with one attached hydrogen (secondary N) is 1. The Balaban J connectivity index is 1.18. The fourth-order valence-electron chi connectivity index (χ4n) is 11.9. The quantitative estimate of drug-likeness (QED) is 0.0414. The number of fused-ring (bicyclic) bond motifs is 6. The molecule has 3 aliphatic carbocycles. The summed E-state index contributed by atoms with van der Waals surface area (Å²) in [5.74, 6) is -7.72. The van der Waals surface area contributed by atoms with Crippen molar-refractivity contribution in [3.05, 3.63) is 157 Å². The number of ketones is 1. The van der Waals surface area contributed by atoms with Crippen molar-refractivity contribution in [3.8, 4) is 5.75 Å². The molecule has 21 heteroatoms. The van der Waals surface area contributed by atoms with Gasteiger partial charge in [0, 0.05) is 60.7 Å². The van der Waals surface area contributed by atoms with E-state index in [1.54, 1.807) is 54.6 Å². The van der Waals surface area contributed by atoms with Crippen molar-refractivity contribution < 1.29 is 86.5 Å². The van der Waals surface area contributed by atoms with Gasteiger partial charge in [-0.05, 0) is 76.8 Å². The van der Waals surface area contributed by atoms with Crippen LogP contribution in [-0.2, 0) is 58.9 Å². The van der Waals surface area contributed by atoms with E-state index in [2.05, 4.69) is 21.2 Å². The van der Waals surface area contributed by atoms with Crippen LogP contribution in [0.5, 0.6) is 5.75 Å². The summed E-state index contributed by atoms with van der Waals surface area (Å²) in [6, 6.07) is 25.6. The van der Waals surface area contributed by atoms with Crippen molar-refractivity contribution in [1.29, 1.82) is 0 Å². The lowest BCUT2D eigenvalue weighted by molar-refractivity contribution is -0.346. The number of aliphatic hydroxyl groups excluding tert-OH is 1. The van der Waals surface area contributed by atoms with Crippen molar-refractivity contribution >= 4 is 68.6 Å². The normalized spacial score (nSPS) is 27.4. The lowest BCUT2D eigenvalue weighted by Crippen LogP contribution is -2.82. The molecule has 1 amide bonds. The number of aliphatic hydroxyl groups is 2. The Hall–Kier alpha value is -7.72. The van der Waals surface area contributed by atoms with Gasteiger partial charge in [-0.1, -0.05) is 80.6 Å². The molecule has 2 heterocycles. The second-order valence-corrected chi connectivity index (χ2v) is 21.7. The molecule has 0 unspecified atom stereocenters. The third kappa shape index (κ3) is 10.1. The van der Waals surface area contributed by atoms with Gasteiger partial charge in [-0.15, -0.1) is 0 Å². The molecule has 11 atom stereocenters. The molecule has 79 heavy (non-hydrogen) atoms. The zero-order valence-corrected chi connectivity index (χ0v) is 45.2. The van der Waals surface area contributed by atoms with E-state index >= 15 is 9.59 Å². The minimum Gasteiger partial charge on any atom is -0.507 e. The molecule has 20 nitrogen and oxygen atoms in total.